The predicted octanol–water partition coefficient (Wildman–Crippen LogP) is 3.47. The number of carboxylic acid groups (broad SMARTS) is 1. The zero-order valence-corrected chi connectivity index (χ0v) is 18.6. The zero-order valence-electron chi connectivity index (χ0n) is 18.6. The third-order valence-corrected chi connectivity index (χ3v) is 6.29. The number of aryl methyl sites for hydroxylation is 1. The van der Waals surface area contributed by atoms with E-state index in [2.05, 4.69) is 22.5 Å². The highest BCUT2D eigenvalue weighted by Gasteiger charge is 2.36. The molecule has 3 aromatic rings. The lowest BCUT2D eigenvalue weighted by molar-refractivity contribution is -0.137. The summed E-state index contributed by atoms with van der Waals surface area (Å²) in [4.78, 5) is 38.3. The van der Waals surface area contributed by atoms with Crippen LogP contribution in [0.15, 0.2) is 54.7 Å². The molecule has 9 heteroatoms. The lowest BCUT2D eigenvalue weighted by Gasteiger charge is -2.20. The van der Waals surface area contributed by atoms with Crippen LogP contribution in [0.4, 0.5) is 10.6 Å². The van der Waals surface area contributed by atoms with Gasteiger partial charge >= 0.3 is 12.1 Å². The Labute approximate surface area is 195 Å². The normalized spacial score (nSPS) is 14.3. The minimum atomic E-state index is -1.09. The number of carboxylic acids is 1. The molecule has 0 bridgehead atoms. The second-order valence-corrected chi connectivity index (χ2v) is 8.54. The summed E-state index contributed by atoms with van der Waals surface area (Å²) in [5, 5.41) is 15.9. The van der Waals surface area contributed by atoms with Crippen molar-refractivity contribution in [3.8, 4) is 11.1 Å². The van der Waals surface area contributed by atoms with Gasteiger partial charge in [-0.3, -0.25) is 19.6 Å². The molecule has 2 N–H and O–H groups in total. The lowest BCUT2D eigenvalue weighted by atomic mass is 9.98. The molecule has 2 amide bonds. The minimum Gasteiger partial charge on any atom is -0.480 e. The number of aliphatic carboxylic acids is 1. The summed E-state index contributed by atoms with van der Waals surface area (Å²) in [7, 11) is 1.59. The standard InChI is InChI=1S/C25H24N4O5/c1-28-23(20(12-26-28)24(32)29(13-22(30)31)15-10-11-15)27-25(33)34-14-21-18-8-4-2-6-16(18)17-7-3-5-9-19(17)21/h2-9,12,15,21H,10-11,13-14H2,1H3,(H,27,33)(H,30,31). The first-order valence-corrected chi connectivity index (χ1v) is 11.1. The van der Waals surface area contributed by atoms with Crippen molar-refractivity contribution >= 4 is 23.8 Å². The SMILES string of the molecule is Cn1ncc(C(=O)N(CC(=O)O)C2CC2)c1NC(=O)OCC1c2ccccc2-c2ccccc21. The van der Waals surface area contributed by atoms with Crippen LogP contribution in [0.2, 0.25) is 0 Å². The van der Waals surface area contributed by atoms with Crippen LogP contribution in [0.5, 0.6) is 0 Å². The van der Waals surface area contributed by atoms with Crippen LogP contribution in [0.25, 0.3) is 11.1 Å². The maximum atomic E-state index is 13.0. The van der Waals surface area contributed by atoms with Crippen LogP contribution in [0.1, 0.15) is 40.2 Å². The number of benzene rings is 2. The van der Waals surface area contributed by atoms with Crippen molar-refractivity contribution in [1.29, 1.82) is 0 Å². The minimum absolute atomic E-state index is 0.0910. The van der Waals surface area contributed by atoms with Gasteiger partial charge in [-0.25, -0.2) is 4.79 Å². The number of nitrogens with zero attached hydrogens (tertiary/aromatic N) is 3. The zero-order chi connectivity index (χ0) is 23.8. The van der Waals surface area contributed by atoms with Crippen LogP contribution < -0.4 is 5.32 Å². The van der Waals surface area contributed by atoms with E-state index >= 15 is 0 Å². The first-order valence-electron chi connectivity index (χ1n) is 11.1. The number of hydrogen-bond donors (Lipinski definition) is 2. The summed E-state index contributed by atoms with van der Waals surface area (Å²) in [5.74, 6) is -1.49. The van der Waals surface area contributed by atoms with Gasteiger partial charge in [0.15, 0.2) is 0 Å². The van der Waals surface area contributed by atoms with Crippen molar-refractivity contribution in [2.24, 2.45) is 7.05 Å². The Kier molecular flexibility index (Phi) is 5.53. The van der Waals surface area contributed by atoms with Gasteiger partial charge in [0.2, 0.25) is 0 Å². The quantitative estimate of drug-likeness (QED) is 0.558. The molecular formula is C25H24N4O5. The van der Waals surface area contributed by atoms with Gasteiger partial charge in [-0.15, -0.1) is 0 Å². The Morgan fingerprint density at radius 3 is 2.29 bits per heavy atom. The Balaban J connectivity index is 1.30. The highest BCUT2D eigenvalue weighted by molar-refractivity contribution is 6.02. The highest BCUT2D eigenvalue weighted by atomic mass is 16.5. The van der Waals surface area contributed by atoms with Crippen LogP contribution >= 0.6 is 0 Å². The fourth-order valence-electron chi connectivity index (χ4n) is 4.53. The van der Waals surface area contributed by atoms with Gasteiger partial charge in [0.1, 0.15) is 24.5 Å². The van der Waals surface area contributed by atoms with E-state index in [1.807, 2.05) is 36.4 Å². The van der Waals surface area contributed by atoms with E-state index < -0.39 is 24.5 Å². The van der Waals surface area contributed by atoms with E-state index in [1.54, 1.807) is 7.05 Å². The fourth-order valence-corrected chi connectivity index (χ4v) is 4.53. The molecule has 9 nitrogen and oxygen atoms in total. The predicted molar refractivity (Wildman–Crippen MR) is 124 cm³/mol. The van der Waals surface area contributed by atoms with Gasteiger partial charge in [0, 0.05) is 19.0 Å². The van der Waals surface area contributed by atoms with Crippen molar-refractivity contribution in [3.05, 3.63) is 71.4 Å². The number of rotatable bonds is 7. The summed E-state index contributed by atoms with van der Waals surface area (Å²) >= 11 is 0. The summed E-state index contributed by atoms with van der Waals surface area (Å²) < 4.78 is 6.94. The Morgan fingerprint density at radius 2 is 1.71 bits per heavy atom. The molecule has 0 saturated heterocycles. The fraction of sp³-hybridized carbons (Fsp3) is 0.280. The summed E-state index contributed by atoms with van der Waals surface area (Å²) in [5.41, 5.74) is 4.59. The molecule has 1 heterocycles. The topological polar surface area (TPSA) is 114 Å². The summed E-state index contributed by atoms with van der Waals surface area (Å²) in [6, 6.07) is 16.0. The second kappa shape index (κ2) is 8.66. The number of amides is 2. The largest absolute Gasteiger partial charge is 0.480 e. The van der Waals surface area contributed by atoms with Gasteiger partial charge < -0.3 is 14.7 Å². The number of hydrogen-bond acceptors (Lipinski definition) is 5. The molecule has 0 spiro atoms. The number of aromatic nitrogens is 2. The molecule has 0 radical (unpaired) electrons. The smallest absolute Gasteiger partial charge is 0.412 e. The number of anilines is 1. The Bertz CT molecular complexity index is 1230. The van der Waals surface area contributed by atoms with Crippen LogP contribution in [-0.4, -0.2) is 57.0 Å². The van der Waals surface area contributed by atoms with E-state index in [-0.39, 0.29) is 29.9 Å². The first-order chi connectivity index (χ1) is 16.4. The van der Waals surface area contributed by atoms with Crippen LogP contribution in [-0.2, 0) is 16.6 Å². The second-order valence-electron chi connectivity index (χ2n) is 8.54. The molecule has 2 aromatic carbocycles. The highest BCUT2D eigenvalue weighted by Crippen LogP contribution is 2.44. The van der Waals surface area contributed by atoms with Crippen molar-refractivity contribution in [1.82, 2.24) is 14.7 Å². The average molecular weight is 460 g/mol. The molecular weight excluding hydrogens is 436 g/mol. The molecule has 0 aliphatic heterocycles. The summed E-state index contributed by atoms with van der Waals surface area (Å²) in [6.07, 6.45) is 2.14. The first kappa shape index (κ1) is 21.7. The molecule has 2 aliphatic carbocycles. The number of ether oxygens (including phenoxy) is 1. The van der Waals surface area contributed by atoms with Gasteiger partial charge in [-0.1, -0.05) is 48.5 Å². The lowest BCUT2D eigenvalue weighted by Crippen LogP contribution is -2.37. The summed E-state index contributed by atoms with van der Waals surface area (Å²) in [6.45, 7) is -0.267. The van der Waals surface area contributed by atoms with Gasteiger partial charge in [0.25, 0.3) is 5.91 Å². The van der Waals surface area contributed by atoms with Crippen LogP contribution in [0.3, 0.4) is 0 Å². The molecule has 1 saturated carbocycles. The molecule has 1 aromatic heterocycles. The van der Waals surface area contributed by atoms with Crippen molar-refractivity contribution in [2.45, 2.75) is 24.8 Å². The molecule has 0 unspecified atom stereocenters. The molecule has 5 rings (SSSR count). The molecule has 2 aliphatic rings. The van der Waals surface area contributed by atoms with Crippen molar-refractivity contribution in [3.63, 3.8) is 0 Å². The molecule has 174 valence electrons. The van der Waals surface area contributed by atoms with E-state index in [9.17, 15) is 19.5 Å². The van der Waals surface area contributed by atoms with Gasteiger partial charge in [-0.05, 0) is 35.1 Å². The maximum absolute atomic E-state index is 13.0. The third kappa shape index (κ3) is 4.00. The Morgan fingerprint density at radius 1 is 1.09 bits per heavy atom. The average Bonchev–Trinajstić information content (AvgIpc) is 3.54. The van der Waals surface area contributed by atoms with Crippen LogP contribution in [0, 0.1) is 0 Å². The number of carbonyl (C=O) groups is 3. The maximum Gasteiger partial charge on any atom is 0.412 e. The number of fused-ring (bicyclic) bond motifs is 3. The monoisotopic (exact) mass is 460 g/mol. The van der Waals surface area contributed by atoms with Gasteiger partial charge in [0.05, 0.1) is 6.20 Å². The Hall–Kier alpha value is -4.14. The van der Waals surface area contributed by atoms with E-state index in [0.29, 0.717) is 0 Å². The van der Waals surface area contributed by atoms with Gasteiger partial charge in [-0.2, -0.15) is 5.10 Å². The van der Waals surface area contributed by atoms with Crippen molar-refractivity contribution in [2.75, 3.05) is 18.5 Å². The molecule has 0 atom stereocenters. The molecule has 1 fully saturated rings. The molecule has 34 heavy (non-hydrogen) atoms. The van der Waals surface area contributed by atoms with Crippen molar-refractivity contribution < 1.29 is 24.2 Å². The number of carbonyl (C=O) groups excluding carboxylic acids is 2. The number of nitrogens with one attached hydrogen (secondary N) is 1. The van der Waals surface area contributed by atoms with E-state index in [4.69, 9.17) is 4.74 Å². The van der Waals surface area contributed by atoms with E-state index in [1.165, 1.54) is 15.8 Å². The third-order valence-electron chi connectivity index (χ3n) is 6.29. The van der Waals surface area contributed by atoms with E-state index in [0.717, 1.165) is 35.1 Å².